The molecule has 0 aliphatic heterocycles. The van der Waals surface area contributed by atoms with Crippen LogP contribution >= 0.6 is 0 Å². The molecule has 0 aromatic heterocycles. The minimum atomic E-state index is -0.504. The van der Waals surface area contributed by atoms with Crippen LogP contribution in [-0.2, 0) is 11.4 Å². The van der Waals surface area contributed by atoms with Crippen molar-refractivity contribution in [3.05, 3.63) is 113 Å². The van der Waals surface area contributed by atoms with Gasteiger partial charge in [-0.05, 0) is 59.2 Å². The van der Waals surface area contributed by atoms with Gasteiger partial charge in [-0.3, -0.25) is 4.79 Å². The molecule has 4 aromatic carbocycles. The Kier molecular flexibility index (Phi) is 6.47. The number of rotatable bonds is 6. The molecule has 0 saturated carbocycles. The lowest BCUT2D eigenvalue weighted by atomic mass is 10.0. The van der Waals surface area contributed by atoms with E-state index in [9.17, 15) is 14.4 Å². The Bertz CT molecular complexity index is 1400. The molecule has 0 unspecified atom stereocenters. The molecule has 0 radical (unpaired) electrons. The van der Waals surface area contributed by atoms with Crippen molar-refractivity contribution in [1.82, 2.24) is 0 Å². The summed E-state index contributed by atoms with van der Waals surface area (Å²) >= 11 is 0. The average molecular weight is 436 g/mol. The zero-order valence-electron chi connectivity index (χ0n) is 18.0. The Morgan fingerprint density at radius 3 is 2.61 bits per heavy atom. The van der Waals surface area contributed by atoms with Gasteiger partial charge >= 0.3 is 0 Å². The molecular weight excluding hydrogens is 415 g/mol. The van der Waals surface area contributed by atoms with Crippen molar-refractivity contribution < 1.29 is 13.9 Å². The molecule has 1 N–H and O–H groups in total. The molecule has 0 bridgehead atoms. The number of carbonyl (C=O) groups excluding carboxylic acids is 1. The molecule has 0 atom stereocenters. The molecule has 33 heavy (non-hydrogen) atoms. The number of nitrogens with zero attached hydrogens (tertiary/aromatic N) is 1. The average Bonchev–Trinajstić information content (AvgIpc) is 2.83. The van der Waals surface area contributed by atoms with E-state index < -0.39 is 5.91 Å². The van der Waals surface area contributed by atoms with E-state index in [-0.39, 0.29) is 18.0 Å². The second-order valence-electron chi connectivity index (χ2n) is 7.56. The molecule has 4 rings (SSSR count). The van der Waals surface area contributed by atoms with Crippen LogP contribution < -0.4 is 10.1 Å². The van der Waals surface area contributed by atoms with Gasteiger partial charge in [0, 0.05) is 11.3 Å². The van der Waals surface area contributed by atoms with Gasteiger partial charge in [0.15, 0.2) is 0 Å². The minimum absolute atomic E-state index is 0.0507. The molecule has 0 saturated heterocycles. The number of halogens is 1. The summed E-state index contributed by atoms with van der Waals surface area (Å²) in [5.41, 5.74) is 2.78. The topological polar surface area (TPSA) is 62.1 Å². The third kappa shape index (κ3) is 5.08. The van der Waals surface area contributed by atoms with Crippen molar-refractivity contribution in [3.8, 4) is 11.8 Å². The fraction of sp³-hybridized carbons (Fsp3) is 0.0714. The zero-order valence-corrected chi connectivity index (χ0v) is 18.0. The zero-order chi connectivity index (χ0) is 23.2. The Balaban J connectivity index is 1.71. The molecule has 0 fully saturated rings. The number of fused-ring (bicyclic) bond motifs is 1. The predicted molar refractivity (Wildman–Crippen MR) is 128 cm³/mol. The van der Waals surface area contributed by atoms with Crippen molar-refractivity contribution >= 4 is 28.4 Å². The van der Waals surface area contributed by atoms with Crippen molar-refractivity contribution in [2.45, 2.75) is 13.5 Å². The highest BCUT2D eigenvalue weighted by Crippen LogP contribution is 2.31. The van der Waals surface area contributed by atoms with Crippen LogP contribution in [0.3, 0.4) is 0 Å². The van der Waals surface area contributed by atoms with E-state index in [0.717, 1.165) is 16.3 Å². The fourth-order valence-corrected chi connectivity index (χ4v) is 3.53. The number of aryl methyl sites for hydroxylation is 1. The smallest absolute Gasteiger partial charge is 0.266 e. The van der Waals surface area contributed by atoms with E-state index in [4.69, 9.17) is 4.74 Å². The summed E-state index contributed by atoms with van der Waals surface area (Å²) in [5, 5.41) is 14.3. The molecule has 0 spiro atoms. The monoisotopic (exact) mass is 436 g/mol. The largest absolute Gasteiger partial charge is 0.488 e. The second kappa shape index (κ2) is 9.80. The van der Waals surface area contributed by atoms with E-state index in [1.807, 2.05) is 61.5 Å². The van der Waals surface area contributed by atoms with Gasteiger partial charge in [0.05, 0.1) is 0 Å². The maximum atomic E-state index is 13.5. The maximum absolute atomic E-state index is 13.5. The lowest BCUT2D eigenvalue weighted by molar-refractivity contribution is -0.112. The van der Waals surface area contributed by atoms with E-state index in [0.29, 0.717) is 22.6 Å². The van der Waals surface area contributed by atoms with Gasteiger partial charge in [0.25, 0.3) is 5.91 Å². The van der Waals surface area contributed by atoms with Gasteiger partial charge < -0.3 is 10.1 Å². The first-order valence-corrected chi connectivity index (χ1v) is 10.4. The molecule has 0 aliphatic carbocycles. The van der Waals surface area contributed by atoms with E-state index >= 15 is 0 Å². The van der Waals surface area contributed by atoms with Crippen LogP contribution in [0.25, 0.3) is 16.8 Å². The van der Waals surface area contributed by atoms with Crippen molar-refractivity contribution in [2.24, 2.45) is 0 Å². The Hall–Kier alpha value is -4.43. The number of amides is 1. The van der Waals surface area contributed by atoms with Gasteiger partial charge in [-0.2, -0.15) is 5.26 Å². The Morgan fingerprint density at radius 2 is 1.82 bits per heavy atom. The summed E-state index contributed by atoms with van der Waals surface area (Å²) < 4.78 is 19.5. The third-order valence-electron chi connectivity index (χ3n) is 5.26. The molecule has 0 heterocycles. The van der Waals surface area contributed by atoms with Crippen LogP contribution in [0, 0.1) is 24.1 Å². The number of ether oxygens (including phenoxy) is 1. The highest BCUT2D eigenvalue weighted by atomic mass is 19.1. The van der Waals surface area contributed by atoms with E-state index in [1.165, 1.54) is 18.2 Å². The van der Waals surface area contributed by atoms with Crippen LogP contribution in [0.2, 0.25) is 0 Å². The van der Waals surface area contributed by atoms with E-state index in [1.54, 1.807) is 24.3 Å². The standard InChI is InChI=1S/C28H21FN2O2/c1-19-7-2-5-12-26(19)31-28(32)22(17-30)16-25-24-11-4-3-9-21(24)13-14-27(25)33-18-20-8-6-10-23(29)15-20/h2-16H,18H2,1H3,(H,31,32)/b22-16+. The summed E-state index contributed by atoms with van der Waals surface area (Å²) in [6.45, 7) is 2.03. The highest BCUT2D eigenvalue weighted by molar-refractivity contribution is 6.11. The minimum Gasteiger partial charge on any atom is -0.488 e. The first-order valence-electron chi connectivity index (χ1n) is 10.4. The summed E-state index contributed by atoms with van der Waals surface area (Å²) in [4.78, 5) is 12.9. The number of anilines is 1. The number of hydrogen-bond donors (Lipinski definition) is 1. The Morgan fingerprint density at radius 1 is 1.03 bits per heavy atom. The van der Waals surface area contributed by atoms with Gasteiger partial charge in [0.1, 0.15) is 29.8 Å². The van der Waals surface area contributed by atoms with E-state index in [2.05, 4.69) is 5.32 Å². The highest BCUT2D eigenvalue weighted by Gasteiger charge is 2.14. The first-order chi connectivity index (χ1) is 16.0. The summed E-state index contributed by atoms with van der Waals surface area (Å²) in [5.74, 6) is -0.348. The van der Waals surface area contributed by atoms with Crippen LogP contribution in [0.1, 0.15) is 16.7 Å². The van der Waals surface area contributed by atoms with Crippen LogP contribution in [0.5, 0.6) is 5.75 Å². The molecule has 0 aliphatic rings. The summed E-state index contributed by atoms with van der Waals surface area (Å²) in [6, 6.07) is 26.9. The molecule has 1 amide bonds. The van der Waals surface area contributed by atoms with Crippen molar-refractivity contribution in [1.29, 1.82) is 5.26 Å². The number of hydrogen-bond acceptors (Lipinski definition) is 3. The summed E-state index contributed by atoms with van der Waals surface area (Å²) in [6.07, 6.45) is 1.54. The quantitative estimate of drug-likeness (QED) is 0.281. The first kappa shape index (κ1) is 21.8. The second-order valence-corrected chi connectivity index (χ2v) is 7.56. The van der Waals surface area contributed by atoms with Gasteiger partial charge in [-0.1, -0.05) is 60.7 Å². The third-order valence-corrected chi connectivity index (χ3v) is 5.26. The van der Waals surface area contributed by atoms with Gasteiger partial charge in [-0.25, -0.2) is 4.39 Å². The van der Waals surface area contributed by atoms with Crippen LogP contribution in [-0.4, -0.2) is 5.91 Å². The number of para-hydroxylation sites is 1. The number of nitriles is 1. The van der Waals surface area contributed by atoms with Gasteiger partial charge in [0.2, 0.25) is 0 Å². The molecular formula is C28H21FN2O2. The maximum Gasteiger partial charge on any atom is 0.266 e. The lowest BCUT2D eigenvalue weighted by Gasteiger charge is -2.13. The number of benzene rings is 4. The SMILES string of the molecule is Cc1ccccc1NC(=O)/C(C#N)=C/c1c(OCc2cccc(F)c2)ccc2ccccc12. The summed E-state index contributed by atoms with van der Waals surface area (Å²) in [7, 11) is 0. The van der Waals surface area contributed by atoms with Crippen LogP contribution in [0.15, 0.2) is 90.5 Å². The number of nitrogens with one attached hydrogen (secondary N) is 1. The fourth-order valence-electron chi connectivity index (χ4n) is 3.53. The van der Waals surface area contributed by atoms with Crippen LogP contribution in [0.4, 0.5) is 10.1 Å². The molecule has 162 valence electrons. The normalized spacial score (nSPS) is 11.1. The van der Waals surface area contributed by atoms with Crippen molar-refractivity contribution in [2.75, 3.05) is 5.32 Å². The molecule has 4 nitrogen and oxygen atoms in total. The predicted octanol–water partition coefficient (Wildman–Crippen LogP) is 6.41. The van der Waals surface area contributed by atoms with Gasteiger partial charge in [-0.15, -0.1) is 0 Å². The molecule has 4 aromatic rings. The molecule has 5 heteroatoms. The lowest BCUT2D eigenvalue weighted by Crippen LogP contribution is -2.14. The Labute approximate surface area is 191 Å². The number of carbonyl (C=O) groups is 1. The van der Waals surface area contributed by atoms with Crippen molar-refractivity contribution in [3.63, 3.8) is 0 Å².